The first-order valence-corrected chi connectivity index (χ1v) is 5.94. The Hall–Kier alpha value is -1.93. The first-order valence-electron chi connectivity index (χ1n) is 5.94. The fourth-order valence-electron chi connectivity index (χ4n) is 1.81. The highest BCUT2D eigenvalue weighted by atomic mass is 16.5. The zero-order valence-electron chi connectivity index (χ0n) is 9.96. The number of aromatic nitrogens is 1. The van der Waals surface area contributed by atoms with Crippen molar-refractivity contribution in [1.82, 2.24) is 4.98 Å². The lowest BCUT2D eigenvalue weighted by molar-refractivity contribution is 0.0380. The summed E-state index contributed by atoms with van der Waals surface area (Å²) in [6, 6.07) is 4.98. The Morgan fingerprint density at radius 1 is 1.61 bits per heavy atom. The van der Waals surface area contributed by atoms with E-state index in [1.807, 2.05) is 6.07 Å². The molecule has 0 saturated carbocycles. The van der Waals surface area contributed by atoms with Crippen molar-refractivity contribution in [3.8, 4) is 6.07 Å². The summed E-state index contributed by atoms with van der Waals surface area (Å²) in [5, 5.41) is 8.61. The van der Waals surface area contributed by atoms with Crippen LogP contribution in [-0.4, -0.2) is 30.3 Å². The van der Waals surface area contributed by atoms with E-state index in [2.05, 4.69) is 4.98 Å². The summed E-state index contributed by atoms with van der Waals surface area (Å²) in [5.41, 5.74) is 0.646. The molecular formula is C13H14N2O3. The second-order valence-corrected chi connectivity index (χ2v) is 4.10. The number of carbonyl (C=O) groups is 1. The number of pyridine rings is 1. The largest absolute Gasteiger partial charge is 0.461 e. The molecule has 0 unspecified atom stereocenters. The minimum absolute atomic E-state index is 0.215. The van der Waals surface area contributed by atoms with Crippen molar-refractivity contribution in [2.24, 2.45) is 0 Å². The van der Waals surface area contributed by atoms with Gasteiger partial charge in [-0.3, -0.25) is 0 Å². The normalized spacial score (nSPS) is 18.3. The molecule has 1 aliphatic rings. The summed E-state index contributed by atoms with van der Waals surface area (Å²) in [6.07, 6.45) is 4.41. The summed E-state index contributed by atoms with van der Waals surface area (Å²) in [7, 11) is 0. The van der Waals surface area contributed by atoms with Gasteiger partial charge in [-0.15, -0.1) is 0 Å². The number of rotatable bonds is 4. The predicted octanol–water partition coefficient (Wildman–Crippen LogP) is 1.68. The monoisotopic (exact) mass is 246 g/mol. The molecule has 0 bridgehead atoms. The lowest BCUT2D eigenvalue weighted by Crippen LogP contribution is -2.13. The van der Waals surface area contributed by atoms with Crippen molar-refractivity contribution in [3.63, 3.8) is 0 Å². The van der Waals surface area contributed by atoms with Crippen molar-refractivity contribution in [2.45, 2.75) is 25.4 Å². The number of nitrogens with zero attached hydrogens (tertiary/aromatic N) is 2. The van der Waals surface area contributed by atoms with E-state index in [0.717, 1.165) is 25.9 Å². The maximum atomic E-state index is 11.6. The molecular weight excluding hydrogens is 232 g/mol. The third kappa shape index (κ3) is 3.28. The summed E-state index contributed by atoms with van der Waals surface area (Å²) >= 11 is 0. The number of carbonyl (C=O) groups excluding carboxylic acids is 1. The van der Waals surface area contributed by atoms with Crippen LogP contribution in [0.1, 0.15) is 35.3 Å². The van der Waals surface area contributed by atoms with Crippen LogP contribution in [0.25, 0.3) is 0 Å². The zero-order chi connectivity index (χ0) is 12.8. The molecule has 5 nitrogen and oxygen atoms in total. The molecule has 18 heavy (non-hydrogen) atoms. The highest BCUT2D eigenvalue weighted by Gasteiger charge is 2.16. The van der Waals surface area contributed by atoms with E-state index in [1.54, 1.807) is 6.07 Å². The lowest BCUT2D eigenvalue weighted by atomic mass is 10.2. The van der Waals surface area contributed by atoms with Crippen molar-refractivity contribution in [2.75, 3.05) is 13.2 Å². The van der Waals surface area contributed by atoms with E-state index < -0.39 is 5.97 Å². The van der Waals surface area contributed by atoms with Gasteiger partial charge in [0.15, 0.2) is 0 Å². The lowest BCUT2D eigenvalue weighted by Gasteiger charge is -2.09. The summed E-state index contributed by atoms with van der Waals surface area (Å²) in [6.45, 7) is 1.14. The minimum atomic E-state index is -0.461. The molecule has 5 heteroatoms. The molecule has 1 saturated heterocycles. The van der Waals surface area contributed by atoms with Gasteiger partial charge in [-0.05, 0) is 25.0 Å². The van der Waals surface area contributed by atoms with E-state index in [1.165, 1.54) is 12.3 Å². The van der Waals surface area contributed by atoms with Gasteiger partial charge in [-0.2, -0.15) is 5.26 Å². The van der Waals surface area contributed by atoms with Crippen molar-refractivity contribution in [3.05, 3.63) is 29.6 Å². The van der Waals surface area contributed by atoms with Crippen molar-refractivity contribution < 1.29 is 14.3 Å². The third-order valence-electron chi connectivity index (χ3n) is 2.80. The van der Waals surface area contributed by atoms with Crippen LogP contribution in [0.2, 0.25) is 0 Å². The van der Waals surface area contributed by atoms with Crippen LogP contribution in [0.4, 0.5) is 0 Å². The summed E-state index contributed by atoms with van der Waals surface area (Å²) in [5.74, 6) is -0.461. The number of nitriles is 1. The van der Waals surface area contributed by atoms with Gasteiger partial charge in [0.2, 0.25) is 0 Å². The van der Waals surface area contributed by atoms with E-state index in [-0.39, 0.29) is 11.8 Å². The second kappa shape index (κ2) is 6.12. The van der Waals surface area contributed by atoms with Crippen LogP contribution in [0, 0.1) is 11.3 Å². The molecule has 1 atom stereocenters. The highest BCUT2D eigenvalue weighted by molar-refractivity contribution is 5.87. The van der Waals surface area contributed by atoms with Gasteiger partial charge < -0.3 is 9.47 Å². The van der Waals surface area contributed by atoms with Gasteiger partial charge >= 0.3 is 5.97 Å². The molecule has 0 spiro atoms. The van der Waals surface area contributed by atoms with Gasteiger partial charge in [0.1, 0.15) is 11.8 Å². The SMILES string of the molecule is N#Cc1ccc(C(=O)OCC[C@H]2CCCO2)nc1. The van der Waals surface area contributed by atoms with E-state index in [0.29, 0.717) is 12.2 Å². The van der Waals surface area contributed by atoms with Crippen LogP contribution >= 0.6 is 0 Å². The Morgan fingerprint density at radius 2 is 2.50 bits per heavy atom. The summed E-state index contributed by atoms with van der Waals surface area (Å²) < 4.78 is 10.5. The van der Waals surface area contributed by atoms with E-state index >= 15 is 0 Å². The molecule has 1 fully saturated rings. The summed E-state index contributed by atoms with van der Waals surface area (Å²) in [4.78, 5) is 15.5. The van der Waals surface area contributed by atoms with Gasteiger partial charge in [0, 0.05) is 19.2 Å². The number of ether oxygens (including phenoxy) is 2. The Kier molecular flexibility index (Phi) is 4.26. The van der Waals surface area contributed by atoms with Crippen molar-refractivity contribution in [1.29, 1.82) is 5.26 Å². The van der Waals surface area contributed by atoms with Crippen LogP contribution in [0.5, 0.6) is 0 Å². The quantitative estimate of drug-likeness (QED) is 0.756. The van der Waals surface area contributed by atoms with Gasteiger partial charge in [0.25, 0.3) is 0 Å². The molecule has 2 rings (SSSR count). The average molecular weight is 246 g/mol. The van der Waals surface area contributed by atoms with Gasteiger partial charge in [-0.1, -0.05) is 0 Å². The van der Waals surface area contributed by atoms with Gasteiger partial charge in [-0.25, -0.2) is 9.78 Å². The molecule has 0 amide bonds. The molecule has 0 aliphatic carbocycles. The Bertz CT molecular complexity index is 444. The standard InChI is InChI=1S/C13H14N2O3/c14-8-10-3-4-12(15-9-10)13(16)18-7-5-11-2-1-6-17-11/h3-4,9,11H,1-2,5-7H2/t11-/m1/s1. The highest BCUT2D eigenvalue weighted by Crippen LogP contribution is 2.15. The Balaban J connectivity index is 1.78. The second-order valence-electron chi connectivity index (χ2n) is 4.10. The molecule has 2 heterocycles. The molecule has 0 aromatic carbocycles. The molecule has 0 N–H and O–H groups in total. The fourth-order valence-corrected chi connectivity index (χ4v) is 1.81. The topological polar surface area (TPSA) is 72.2 Å². The first kappa shape index (κ1) is 12.5. The van der Waals surface area contributed by atoms with Crippen molar-refractivity contribution >= 4 is 5.97 Å². The van der Waals surface area contributed by atoms with E-state index in [9.17, 15) is 4.79 Å². The number of esters is 1. The van der Waals surface area contributed by atoms with Crippen LogP contribution in [-0.2, 0) is 9.47 Å². The zero-order valence-corrected chi connectivity index (χ0v) is 9.96. The number of hydrogen-bond donors (Lipinski definition) is 0. The fraction of sp³-hybridized carbons (Fsp3) is 0.462. The maximum absolute atomic E-state index is 11.6. The maximum Gasteiger partial charge on any atom is 0.356 e. The minimum Gasteiger partial charge on any atom is -0.461 e. The molecule has 0 radical (unpaired) electrons. The molecule has 1 aliphatic heterocycles. The molecule has 1 aromatic heterocycles. The van der Waals surface area contributed by atoms with Crippen LogP contribution in [0.15, 0.2) is 18.3 Å². The van der Waals surface area contributed by atoms with E-state index in [4.69, 9.17) is 14.7 Å². The smallest absolute Gasteiger partial charge is 0.356 e. The average Bonchev–Trinajstić information content (AvgIpc) is 2.92. The third-order valence-corrected chi connectivity index (χ3v) is 2.80. The Labute approximate surface area is 105 Å². The first-order chi connectivity index (χ1) is 8.79. The van der Waals surface area contributed by atoms with Crippen LogP contribution < -0.4 is 0 Å². The van der Waals surface area contributed by atoms with Crippen LogP contribution in [0.3, 0.4) is 0 Å². The predicted molar refractivity (Wildman–Crippen MR) is 62.8 cm³/mol. The Morgan fingerprint density at radius 3 is 3.11 bits per heavy atom. The van der Waals surface area contributed by atoms with Gasteiger partial charge in [0.05, 0.1) is 18.3 Å². The molecule has 94 valence electrons. The molecule has 1 aromatic rings. The number of hydrogen-bond acceptors (Lipinski definition) is 5.